The molecule has 0 fully saturated rings. The first-order valence-corrected chi connectivity index (χ1v) is 4.44. The van der Waals surface area contributed by atoms with Crippen molar-refractivity contribution in [2.45, 2.75) is 6.42 Å². The molecule has 1 aromatic carbocycles. The summed E-state index contributed by atoms with van der Waals surface area (Å²) >= 11 is 0. The zero-order chi connectivity index (χ0) is 10.4. The molecule has 0 radical (unpaired) electrons. The standard InChI is InChI=1S/C12H14O2/c1-3-5-10-6-7-11(13)9-12(10)14-8-4-2/h3-4,6-7,9,13H,1-2,5,8H2. The smallest absolute Gasteiger partial charge is 0.126 e. The van der Waals surface area contributed by atoms with Crippen molar-refractivity contribution >= 4 is 0 Å². The molecule has 1 aromatic rings. The van der Waals surface area contributed by atoms with Crippen LogP contribution in [0.3, 0.4) is 0 Å². The van der Waals surface area contributed by atoms with E-state index >= 15 is 0 Å². The van der Waals surface area contributed by atoms with Gasteiger partial charge in [-0.1, -0.05) is 24.8 Å². The number of phenolic OH excluding ortho intramolecular Hbond substituents is 1. The molecule has 1 N–H and O–H groups in total. The zero-order valence-corrected chi connectivity index (χ0v) is 8.07. The Morgan fingerprint density at radius 1 is 1.29 bits per heavy atom. The second kappa shape index (κ2) is 5.12. The van der Waals surface area contributed by atoms with E-state index < -0.39 is 0 Å². The van der Waals surface area contributed by atoms with Crippen LogP contribution < -0.4 is 4.74 Å². The number of allylic oxidation sites excluding steroid dienone is 1. The van der Waals surface area contributed by atoms with Gasteiger partial charge in [0.2, 0.25) is 0 Å². The number of hydrogen-bond acceptors (Lipinski definition) is 2. The fourth-order valence-electron chi connectivity index (χ4n) is 1.15. The minimum absolute atomic E-state index is 0.205. The third-order valence-electron chi connectivity index (χ3n) is 1.77. The van der Waals surface area contributed by atoms with Crippen LogP contribution in [0.15, 0.2) is 43.5 Å². The Kier molecular flexibility index (Phi) is 3.80. The van der Waals surface area contributed by atoms with Crippen molar-refractivity contribution in [3.8, 4) is 11.5 Å². The Morgan fingerprint density at radius 2 is 2.07 bits per heavy atom. The van der Waals surface area contributed by atoms with Gasteiger partial charge in [-0.05, 0) is 18.1 Å². The molecule has 0 unspecified atom stereocenters. The van der Waals surface area contributed by atoms with Gasteiger partial charge in [-0.15, -0.1) is 6.58 Å². The van der Waals surface area contributed by atoms with Gasteiger partial charge in [0.15, 0.2) is 0 Å². The molecule has 14 heavy (non-hydrogen) atoms. The molecule has 2 heteroatoms. The first-order chi connectivity index (χ1) is 6.77. The highest BCUT2D eigenvalue weighted by Crippen LogP contribution is 2.24. The van der Waals surface area contributed by atoms with Gasteiger partial charge in [0.25, 0.3) is 0 Å². The Labute approximate surface area is 84.1 Å². The monoisotopic (exact) mass is 190 g/mol. The van der Waals surface area contributed by atoms with Crippen LogP contribution in [0, 0.1) is 0 Å². The normalized spacial score (nSPS) is 9.43. The number of phenols is 1. The molecule has 0 atom stereocenters. The van der Waals surface area contributed by atoms with Gasteiger partial charge < -0.3 is 9.84 Å². The summed E-state index contributed by atoms with van der Waals surface area (Å²) < 4.78 is 5.39. The van der Waals surface area contributed by atoms with E-state index in [-0.39, 0.29) is 5.75 Å². The van der Waals surface area contributed by atoms with Gasteiger partial charge >= 0.3 is 0 Å². The average Bonchev–Trinajstić information content (AvgIpc) is 2.18. The van der Waals surface area contributed by atoms with E-state index in [1.54, 1.807) is 24.3 Å². The van der Waals surface area contributed by atoms with Crippen LogP contribution >= 0.6 is 0 Å². The van der Waals surface area contributed by atoms with Crippen molar-refractivity contribution in [1.82, 2.24) is 0 Å². The predicted molar refractivity (Wildman–Crippen MR) is 57.7 cm³/mol. The zero-order valence-electron chi connectivity index (χ0n) is 8.07. The quantitative estimate of drug-likeness (QED) is 0.723. The Balaban J connectivity index is 2.89. The highest BCUT2D eigenvalue weighted by molar-refractivity contribution is 5.41. The Morgan fingerprint density at radius 3 is 2.71 bits per heavy atom. The molecule has 0 bridgehead atoms. The van der Waals surface area contributed by atoms with Gasteiger partial charge in [0, 0.05) is 6.07 Å². The van der Waals surface area contributed by atoms with Crippen LogP contribution in [0.5, 0.6) is 11.5 Å². The molecule has 0 aliphatic heterocycles. The van der Waals surface area contributed by atoms with Crippen molar-refractivity contribution in [1.29, 1.82) is 0 Å². The number of hydrogen-bond donors (Lipinski definition) is 1. The summed E-state index contributed by atoms with van der Waals surface area (Å²) in [6.45, 7) is 7.67. The molecule has 0 aliphatic rings. The molecule has 0 heterocycles. The van der Waals surface area contributed by atoms with Crippen molar-refractivity contribution < 1.29 is 9.84 Å². The molecule has 74 valence electrons. The number of aromatic hydroxyl groups is 1. The van der Waals surface area contributed by atoms with Crippen LogP contribution in [0.2, 0.25) is 0 Å². The first kappa shape index (κ1) is 10.4. The summed E-state index contributed by atoms with van der Waals surface area (Å²) in [6.07, 6.45) is 4.20. The van der Waals surface area contributed by atoms with E-state index in [2.05, 4.69) is 13.2 Å². The van der Waals surface area contributed by atoms with E-state index in [0.717, 1.165) is 12.0 Å². The highest BCUT2D eigenvalue weighted by atomic mass is 16.5. The fourth-order valence-corrected chi connectivity index (χ4v) is 1.15. The van der Waals surface area contributed by atoms with Gasteiger partial charge in [0.1, 0.15) is 18.1 Å². The minimum Gasteiger partial charge on any atom is -0.508 e. The van der Waals surface area contributed by atoms with Crippen LogP contribution in [-0.4, -0.2) is 11.7 Å². The summed E-state index contributed by atoms with van der Waals surface area (Å²) in [5.41, 5.74) is 1.01. The van der Waals surface area contributed by atoms with E-state index in [4.69, 9.17) is 4.74 Å². The Bertz CT molecular complexity index is 329. The van der Waals surface area contributed by atoms with Crippen LogP contribution in [0.1, 0.15) is 5.56 Å². The maximum atomic E-state index is 9.27. The van der Waals surface area contributed by atoms with Gasteiger partial charge in [-0.3, -0.25) is 0 Å². The van der Waals surface area contributed by atoms with E-state index in [1.807, 2.05) is 6.07 Å². The number of benzene rings is 1. The highest BCUT2D eigenvalue weighted by Gasteiger charge is 2.02. The van der Waals surface area contributed by atoms with Crippen molar-refractivity contribution in [3.05, 3.63) is 49.1 Å². The van der Waals surface area contributed by atoms with Gasteiger partial charge in [-0.2, -0.15) is 0 Å². The van der Waals surface area contributed by atoms with Gasteiger partial charge in [-0.25, -0.2) is 0 Å². The summed E-state index contributed by atoms with van der Waals surface area (Å²) in [5.74, 6) is 0.890. The molecule has 0 aliphatic carbocycles. The maximum absolute atomic E-state index is 9.27. The second-order valence-corrected chi connectivity index (χ2v) is 2.88. The molecular formula is C12H14O2. The molecule has 0 amide bonds. The van der Waals surface area contributed by atoms with Crippen LogP contribution in [0.25, 0.3) is 0 Å². The van der Waals surface area contributed by atoms with E-state index in [9.17, 15) is 5.11 Å². The molecule has 0 spiro atoms. The summed E-state index contributed by atoms with van der Waals surface area (Å²) in [4.78, 5) is 0. The molecular weight excluding hydrogens is 176 g/mol. The van der Waals surface area contributed by atoms with E-state index in [0.29, 0.717) is 12.4 Å². The number of rotatable bonds is 5. The Hall–Kier alpha value is -1.70. The average molecular weight is 190 g/mol. The lowest BCUT2D eigenvalue weighted by Crippen LogP contribution is -1.96. The molecule has 2 nitrogen and oxygen atoms in total. The fraction of sp³-hybridized carbons (Fsp3) is 0.167. The van der Waals surface area contributed by atoms with Crippen LogP contribution in [0.4, 0.5) is 0 Å². The largest absolute Gasteiger partial charge is 0.508 e. The first-order valence-electron chi connectivity index (χ1n) is 4.44. The number of ether oxygens (including phenoxy) is 1. The molecule has 0 aromatic heterocycles. The third kappa shape index (κ3) is 2.66. The molecule has 0 saturated carbocycles. The summed E-state index contributed by atoms with van der Waals surface area (Å²) in [6, 6.07) is 5.07. The van der Waals surface area contributed by atoms with Crippen LogP contribution in [-0.2, 0) is 6.42 Å². The lowest BCUT2D eigenvalue weighted by molar-refractivity contribution is 0.356. The van der Waals surface area contributed by atoms with E-state index in [1.165, 1.54) is 0 Å². The predicted octanol–water partition coefficient (Wildman–Crippen LogP) is 2.69. The summed E-state index contributed by atoms with van der Waals surface area (Å²) in [5, 5.41) is 9.27. The lowest BCUT2D eigenvalue weighted by Gasteiger charge is -2.08. The van der Waals surface area contributed by atoms with Gasteiger partial charge in [0.05, 0.1) is 0 Å². The van der Waals surface area contributed by atoms with Crippen molar-refractivity contribution in [2.75, 3.05) is 6.61 Å². The summed E-state index contributed by atoms with van der Waals surface area (Å²) in [7, 11) is 0. The maximum Gasteiger partial charge on any atom is 0.126 e. The second-order valence-electron chi connectivity index (χ2n) is 2.88. The topological polar surface area (TPSA) is 29.5 Å². The van der Waals surface area contributed by atoms with Crippen molar-refractivity contribution in [2.24, 2.45) is 0 Å². The SMILES string of the molecule is C=CCOc1cc(O)ccc1CC=C. The lowest BCUT2D eigenvalue weighted by atomic mass is 10.1. The molecule has 0 saturated heterocycles. The third-order valence-corrected chi connectivity index (χ3v) is 1.77. The molecule has 1 rings (SSSR count). The van der Waals surface area contributed by atoms with Crippen molar-refractivity contribution in [3.63, 3.8) is 0 Å². The minimum atomic E-state index is 0.205.